The van der Waals surface area contributed by atoms with Crippen LogP contribution in [0.1, 0.15) is 18.5 Å². The number of ether oxygens (including phenoxy) is 1. The van der Waals surface area contributed by atoms with Crippen molar-refractivity contribution in [1.29, 1.82) is 0 Å². The molecule has 0 unspecified atom stereocenters. The first-order valence-electron chi connectivity index (χ1n) is 10.6. The van der Waals surface area contributed by atoms with Crippen LogP contribution in [0, 0.1) is 0 Å². The Morgan fingerprint density at radius 3 is 2.84 bits per heavy atom. The zero-order valence-corrected chi connectivity index (χ0v) is 19.3. The highest BCUT2D eigenvalue weighted by Gasteiger charge is 2.21. The zero-order valence-electron chi connectivity index (χ0n) is 17.7. The minimum atomic E-state index is -0.117. The first-order valence-corrected chi connectivity index (χ1v) is 11.8. The van der Waals surface area contributed by atoms with Gasteiger partial charge in [-0.2, -0.15) is 5.10 Å². The minimum Gasteiger partial charge on any atom is -0.476 e. The largest absolute Gasteiger partial charge is 0.476 e. The van der Waals surface area contributed by atoms with Crippen LogP contribution in [0.2, 0.25) is 5.02 Å². The van der Waals surface area contributed by atoms with E-state index in [1.54, 1.807) is 6.20 Å². The molecule has 1 atom stereocenters. The van der Waals surface area contributed by atoms with Gasteiger partial charge in [-0.1, -0.05) is 29.8 Å². The Morgan fingerprint density at radius 2 is 2.06 bits per heavy atom. The summed E-state index contributed by atoms with van der Waals surface area (Å²) in [5, 5.41) is 5.90. The number of rotatable bonds is 6. The third-order valence-corrected chi connectivity index (χ3v) is 7.28. The maximum Gasteiger partial charge on any atom is 0.285 e. The van der Waals surface area contributed by atoms with Gasteiger partial charge in [-0.05, 0) is 56.3 Å². The number of nitrogens with zero attached hydrogens (tertiary/aromatic N) is 4. The molecule has 5 rings (SSSR count). The van der Waals surface area contributed by atoms with Crippen molar-refractivity contribution < 1.29 is 4.74 Å². The van der Waals surface area contributed by atoms with Crippen LogP contribution in [0.3, 0.4) is 0 Å². The summed E-state index contributed by atoms with van der Waals surface area (Å²) >= 11 is 7.46. The van der Waals surface area contributed by atoms with Gasteiger partial charge in [0, 0.05) is 27.4 Å². The van der Waals surface area contributed by atoms with E-state index in [0.29, 0.717) is 34.8 Å². The third kappa shape index (κ3) is 4.41. The summed E-state index contributed by atoms with van der Waals surface area (Å²) in [5.41, 5.74) is 1.65. The van der Waals surface area contributed by atoms with E-state index in [-0.39, 0.29) is 5.56 Å². The first kappa shape index (κ1) is 21.1. The molecule has 0 spiro atoms. The summed E-state index contributed by atoms with van der Waals surface area (Å²) in [6.07, 6.45) is 4.09. The van der Waals surface area contributed by atoms with E-state index in [9.17, 15) is 4.79 Å². The molecular weight excluding hydrogens is 444 g/mol. The van der Waals surface area contributed by atoms with Gasteiger partial charge in [-0.15, -0.1) is 11.3 Å². The van der Waals surface area contributed by atoms with Crippen molar-refractivity contribution in [2.24, 2.45) is 0 Å². The molecule has 32 heavy (non-hydrogen) atoms. The van der Waals surface area contributed by atoms with E-state index in [2.05, 4.69) is 22.0 Å². The molecule has 4 aromatic rings. The van der Waals surface area contributed by atoms with Gasteiger partial charge in [-0.25, -0.2) is 9.67 Å². The Morgan fingerprint density at radius 1 is 1.22 bits per heavy atom. The van der Waals surface area contributed by atoms with Gasteiger partial charge in [0.15, 0.2) is 0 Å². The fourth-order valence-electron chi connectivity index (χ4n) is 3.99. The number of benzene rings is 1. The van der Waals surface area contributed by atoms with Crippen LogP contribution in [0.15, 0.2) is 59.5 Å². The lowest BCUT2D eigenvalue weighted by molar-refractivity contribution is 0.193. The van der Waals surface area contributed by atoms with E-state index in [1.165, 1.54) is 22.4 Å². The highest BCUT2D eigenvalue weighted by Crippen LogP contribution is 2.32. The zero-order chi connectivity index (χ0) is 22.1. The van der Waals surface area contributed by atoms with E-state index < -0.39 is 0 Å². The second kappa shape index (κ2) is 9.02. The summed E-state index contributed by atoms with van der Waals surface area (Å²) in [7, 11) is 2.13. The summed E-state index contributed by atoms with van der Waals surface area (Å²) in [6.45, 7) is 2.03. The molecule has 0 saturated carbocycles. The molecule has 8 heteroatoms. The number of halogens is 1. The van der Waals surface area contributed by atoms with Crippen molar-refractivity contribution in [3.05, 3.63) is 75.8 Å². The van der Waals surface area contributed by atoms with Crippen molar-refractivity contribution in [3.63, 3.8) is 0 Å². The van der Waals surface area contributed by atoms with Crippen LogP contribution in [-0.4, -0.2) is 45.9 Å². The number of thiophene rings is 1. The van der Waals surface area contributed by atoms with Crippen molar-refractivity contribution in [3.8, 4) is 16.3 Å². The second-order valence-corrected chi connectivity index (χ2v) is 9.55. The molecule has 0 aliphatic carbocycles. The Balaban J connectivity index is 1.35. The highest BCUT2D eigenvalue weighted by molar-refractivity contribution is 7.22. The van der Waals surface area contributed by atoms with E-state index in [1.807, 2.05) is 48.5 Å². The quantitative estimate of drug-likeness (QED) is 0.412. The van der Waals surface area contributed by atoms with Gasteiger partial charge < -0.3 is 9.64 Å². The van der Waals surface area contributed by atoms with E-state index >= 15 is 0 Å². The van der Waals surface area contributed by atoms with Gasteiger partial charge in [0.1, 0.15) is 11.3 Å². The first-order chi connectivity index (χ1) is 15.6. The van der Waals surface area contributed by atoms with Crippen LogP contribution in [-0.2, 0) is 6.54 Å². The summed E-state index contributed by atoms with van der Waals surface area (Å²) in [4.78, 5) is 21.0. The lowest BCUT2D eigenvalue weighted by atomic mass is 10.2. The molecule has 1 aliphatic heterocycles. The van der Waals surface area contributed by atoms with Gasteiger partial charge in [0.2, 0.25) is 5.88 Å². The number of likely N-dealkylation sites (tertiary alicyclic amines) is 1. The average Bonchev–Trinajstić information content (AvgIpc) is 3.42. The molecule has 1 aromatic carbocycles. The maximum atomic E-state index is 13.1. The summed E-state index contributed by atoms with van der Waals surface area (Å²) < 4.78 is 8.07. The molecule has 0 amide bonds. The SMILES string of the molecule is CN1CCC[C@@H]1COc1cccc(Cn2ncc3cc(-c4ccc(Cl)cc4)sc3c2=O)n1. The number of aromatic nitrogens is 3. The minimum absolute atomic E-state index is 0.117. The predicted molar refractivity (Wildman–Crippen MR) is 129 cm³/mol. The maximum absolute atomic E-state index is 13.1. The monoisotopic (exact) mass is 466 g/mol. The molecule has 1 fully saturated rings. The lowest BCUT2D eigenvalue weighted by Gasteiger charge is -2.19. The van der Waals surface area contributed by atoms with Gasteiger partial charge in [-0.3, -0.25) is 4.79 Å². The number of likely N-dealkylation sites (N-methyl/N-ethyl adjacent to an activating group) is 1. The van der Waals surface area contributed by atoms with Gasteiger partial charge in [0.25, 0.3) is 5.56 Å². The number of hydrogen-bond donors (Lipinski definition) is 0. The molecule has 0 N–H and O–H groups in total. The van der Waals surface area contributed by atoms with Crippen LogP contribution >= 0.6 is 22.9 Å². The third-order valence-electron chi connectivity index (χ3n) is 5.84. The van der Waals surface area contributed by atoms with E-state index in [0.717, 1.165) is 34.5 Å². The molecule has 0 bridgehead atoms. The topological polar surface area (TPSA) is 60.2 Å². The van der Waals surface area contributed by atoms with Crippen molar-refractivity contribution >= 4 is 33.0 Å². The predicted octanol–water partition coefficient (Wildman–Crippen LogP) is 4.69. The normalized spacial score (nSPS) is 16.6. The lowest BCUT2D eigenvalue weighted by Crippen LogP contribution is -2.30. The van der Waals surface area contributed by atoms with Crippen LogP contribution in [0.25, 0.3) is 20.5 Å². The summed E-state index contributed by atoms with van der Waals surface area (Å²) in [5.74, 6) is 0.582. The molecule has 1 aliphatic rings. The fraction of sp³-hybridized carbons (Fsp3) is 0.292. The number of pyridine rings is 1. The fourth-order valence-corrected chi connectivity index (χ4v) is 5.20. The molecule has 4 heterocycles. The number of fused-ring (bicyclic) bond motifs is 1. The Bertz CT molecular complexity index is 1300. The Labute approximate surface area is 195 Å². The molecule has 6 nitrogen and oxygen atoms in total. The Hall–Kier alpha value is -2.74. The van der Waals surface area contributed by atoms with E-state index in [4.69, 9.17) is 16.3 Å². The van der Waals surface area contributed by atoms with Crippen LogP contribution in [0.4, 0.5) is 0 Å². The molecular formula is C24H23ClN4O2S. The Kier molecular flexibility index (Phi) is 5.95. The smallest absolute Gasteiger partial charge is 0.285 e. The molecule has 0 radical (unpaired) electrons. The second-order valence-electron chi connectivity index (χ2n) is 8.06. The van der Waals surface area contributed by atoms with Gasteiger partial charge in [0.05, 0.1) is 18.4 Å². The standard InChI is InChI=1S/C24H23ClN4O2S/c1-28-11-3-5-20(28)15-31-22-6-2-4-19(27-22)14-29-24(30)23-17(13-26-29)12-21(32-23)16-7-9-18(25)10-8-16/h2,4,6-10,12-13,20H,3,5,11,14-15H2,1H3/t20-/m1/s1. The van der Waals surface area contributed by atoms with Crippen LogP contribution < -0.4 is 10.3 Å². The average molecular weight is 467 g/mol. The van der Waals surface area contributed by atoms with Crippen molar-refractivity contribution in [1.82, 2.24) is 19.7 Å². The van der Waals surface area contributed by atoms with Gasteiger partial charge >= 0.3 is 0 Å². The molecule has 3 aromatic heterocycles. The van der Waals surface area contributed by atoms with Crippen molar-refractivity contribution in [2.45, 2.75) is 25.4 Å². The van der Waals surface area contributed by atoms with Crippen molar-refractivity contribution in [2.75, 3.05) is 20.2 Å². The van der Waals surface area contributed by atoms with Crippen LogP contribution in [0.5, 0.6) is 5.88 Å². The molecule has 164 valence electrons. The highest BCUT2D eigenvalue weighted by atomic mass is 35.5. The summed E-state index contributed by atoms with van der Waals surface area (Å²) in [6, 6.07) is 15.7. The number of hydrogen-bond acceptors (Lipinski definition) is 6. The molecule has 1 saturated heterocycles.